The highest BCUT2D eigenvalue weighted by molar-refractivity contribution is 5.85. The molecule has 3 heteroatoms. The Hall–Kier alpha value is -1.67. The van der Waals surface area contributed by atoms with Gasteiger partial charge in [0.1, 0.15) is 0 Å². The van der Waals surface area contributed by atoms with E-state index in [4.69, 9.17) is 0 Å². The van der Waals surface area contributed by atoms with Crippen LogP contribution in [-0.2, 0) is 6.42 Å². The summed E-state index contributed by atoms with van der Waals surface area (Å²) in [4.78, 5) is 0. The molecule has 2 aromatic rings. The molecular formula is C23H35ClN2. The standard InChI is InChI=1S/C23H34N2.ClH/c1-2-3-4-5-6-10-19-24-22-15-17-23(18-16-22)25-20-11-14-21-12-8-7-9-13-21;/h7-9,12-13,15-18,24-25H,2-6,10-11,14,19-20H2,1H3;1H. The molecule has 0 radical (unpaired) electrons. The number of hydrogen-bond acceptors (Lipinski definition) is 2. The Morgan fingerprint density at radius 3 is 1.77 bits per heavy atom. The Bertz CT molecular complexity index is 554. The SMILES string of the molecule is CCCCCCCCNc1ccc(NCCCc2ccccc2)cc1.Cl. The van der Waals surface area contributed by atoms with Crippen LogP contribution in [0.2, 0.25) is 0 Å². The third-order valence-corrected chi connectivity index (χ3v) is 4.56. The van der Waals surface area contributed by atoms with Crippen LogP contribution in [0.1, 0.15) is 57.4 Å². The van der Waals surface area contributed by atoms with Crippen molar-refractivity contribution in [1.29, 1.82) is 0 Å². The highest BCUT2D eigenvalue weighted by Gasteiger charge is 1.96. The minimum Gasteiger partial charge on any atom is -0.385 e. The summed E-state index contributed by atoms with van der Waals surface area (Å²) in [6.07, 6.45) is 10.4. The summed E-state index contributed by atoms with van der Waals surface area (Å²) in [6.45, 7) is 4.36. The predicted molar refractivity (Wildman–Crippen MR) is 119 cm³/mol. The topological polar surface area (TPSA) is 24.1 Å². The van der Waals surface area contributed by atoms with E-state index in [1.165, 1.54) is 55.5 Å². The summed E-state index contributed by atoms with van der Waals surface area (Å²) in [5.41, 5.74) is 3.85. The number of rotatable bonds is 13. The molecule has 0 saturated carbocycles. The summed E-state index contributed by atoms with van der Waals surface area (Å²) < 4.78 is 0. The van der Waals surface area contributed by atoms with E-state index in [0.29, 0.717) is 0 Å². The van der Waals surface area contributed by atoms with E-state index < -0.39 is 0 Å². The van der Waals surface area contributed by atoms with Crippen LogP contribution in [-0.4, -0.2) is 13.1 Å². The molecule has 0 unspecified atom stereocenters. The third kappa shape index (κ3) is 9.72. The number of nitrogens with one attached hydrogen (secondary N) is 2. The van der Waals surface area contributed by atoms with Gasteiger partial charge in [0.2, 0.25) is 0 Å². The molecule has 0 heterocycles. The molecular weight excluding hydrogens is 340 g/mol. The smallest absolute Gasteiger partial charge is 0.0341 e. The van der Waals surface area contributed by atoms with Gasteiger partial charge in [-0.1, -0.05) is 69.4 Å². The molecule has 0 aliphatic heterocycles. The van der Waals surface area contributed by atoms with Crippen molar-refractivity contribution in [2.24, 2.45) is 0 Å². The number of benzene rings is 2. The number of anilines is 2. The van der Waals surface area contributed by atoms with Crippen LogP contribution in [0.25, 0.3) is 0 Å². The lowest BCUT2D eigenvalue weighted by atomic mass is 10.1. The lowest BCUT2D eigenvalue weighted by Crippen LogP contribution is -2.04. The fraction of sp³-hybridized carbons (Fsp3) is 0.478. The summed E-state index contributed by atoms with van der Waals surface area (Å²) in [7, 11) is 0. The molecule has 2 nitrogen and oxygen atoms in total. The summed E-state index contributed by atoms with van der Waals surface area (Å²) in [5.74, 6) is 0. The molecule has 0 bridgehead atoms. The first kappa shape index (κ1) is 22.4. The van der Waals surface area contributed by atoms with Crippen LogP contribution in [0.15, 0.2) is 54.6 Å². The van der Waals surface area contributed by atoms with Gasteiger partial charge < -0.3 is 10.6 Å². The molecule has 2 aromatic carbocycles. The van der Waals surface area contributed by atoms with Crippen molar-refractivity contribution in [3.8, 4) is 0 Å². The summed E-state index contributed by atoms with van der Waals surface area (Å²) in [6, 6.07) is 19.4. The maximum absolute atomic E-state index is 3.52. The second kappa shape index (κ2) is 14.5. The minimum absolute atomic E-state index is 0. The van der Waals surface area contributed by atoms with Gasteiger partial charge in [0.15, 0.2) is 0 Å². The Kier molecular flexibility index (Phi) is 12.5. The molecule has 2 rings (SSSR count). The van der Waals surface area contributed by atoms with Crippen molar-refractivity contribution in [3.63, 3.8) is 0 Å². The first-order chi connectivity index (χ1) is 12.4. The van der Waals surface area contributed by atoms with Crippen molar-refractivity contribution in [1.82, 2.24) is 0 Å². The predicted octanol–water partition coefficient (Wildman–Crippen LogP) is 6.93. The van der Waals surface area contributed by atoms with Crippen LogP contribution >= 0.6 is 12.4 Å². The van der Waals surface area contributed by atoms with Crippen LogP contribution < -0.4 is 10.6 Å². The van der Waals surface area contributed by atoms with E-state index in [0.717, 1.165) is 25.9 Å². The molecule has 0 aromatic heterocycles. The lowest BCUT2D eigenvalue weighted by molar-refractivity contribution is 0.617. The minimum atomic E-state index is 0. The van der Waals surface area contributed by atoms with E-state index >= 15 is 0 Å². The number of unbranched alkanes of at least 4 members (excludes halogenated alkanes) is 5. The Balaban J connectivity index is 0.00000338. The monoisotopic (exact) mass is 374 g/mol. The van der Waals surface area contributed by atoms with Gasteiger partial charge in [0.05, 0.1) is 0 Å². The largest absolute Gasteiger partial charge is 0.385 e. The molecule has 0 aliphatic carbocycles. The maximum Gasteiger partial charge on any atom is 0.0341 e. The van der Waals surface area contributed by atoms with Gasteiger partial charge in [0.25, 0.3) is 0 Å². The average Bonchev–Trinajstić information content (AvgIpc) is 2.66. The van der Waals surface area contributed by atoms with Gasteiger partial charge in [-0.2, -0.15) is 0 Å². The molecule has 26 heavy (non-hydrogen) atoms. The zero-order valence-electron chi connectivity index (χ0n) is 16.2. The molecule has 0 spiro atoms. The first-order valence-corrected chi connectivity index (χ1v) is 10.00. The van der Waals surface area contributed by atoms with Crippen LogP contribution in [0, 0.1) is 0 Å². The Morgan fingerprint density at radius 1 is 0.615 bits per heavy atom. The van der Waals surface area contributed by atoms with Crippen molar-refractivity contribution < 1.29 is 0 Å². The second-order valence-corrected chi connectivity index (χ2v) is 6.79. The summed E-state index contributed by atoms with van der Waals surface area (Å²) >= 11 is 0. The zero-order chi connectivity index (χ0) is 17.6. The lowest BCUT2D eigenvalue weighted by Gasteiger charge is -2.09. The van der Waals surface area contributed by atoms with E-state index in [1.807, 2.05) is 0 Å². The van der Waals surface area contributed by atoms with Gasteiger partial charge in [-0.15, -0.1) is 12.4 Å². The molecule has 0 atom stereocenters. The van der Waals surface area contributed by atoms with Crippen LogP contribution in [0.5, 0.6) is 0 Å². The van der Waals surface area contributed by atoms with Crippen molar-refractivity contribution in [2.45, 2.75) is 58.3 Å². The Morgan fingerprint density at radius 2 is 1.15 bits per heavy atom. The number of hydrogen-bond donors (Lipinski definition) is 2. The molecule has 0 amide bonds. The highest BCUT2D eigenvalue weighted by Crippen LogP contribution is 2.14. The Labute approximate surface area is 166 Å². The van der Waals surface area contributed by atoms with Gasteiger partial charge >= 0.3 is 0 Å². The number of aryl methyl sites for hydroxylation is 1. The quantitative estimate of drug-likeness (QED) is 0.371. The fourth-order valence-corrected chi connectivity index (χ4v) is 3.01. The van der Waals surface area contributed by atoms with Gasteiger partial charge in [-0.05, 0) is 49.1 Å². The van der Waals surface area contributed by atoms with Crippen LogP contribution in [0.3, 0.4) is 0 Å². The van der Waals surface area contributed by atoms with E-state index in [2.05, 4.69) is 72.2 Å². The number of halogens is 1. The van der Waals surface area contributed by atoms with Gasteiger partial charge in [0, 0.05) is 24.5 Å². The van der Waals surface area contributed by atoms with Crippen molar-refractivity contribution in [3.05, 3.63) is 60.2 Å². The first-order valence-electron chi connectivity index (χ1n) is 10.00. The normalized spacial score (nSPS) is 10.2. The van der Waals surface area contributed by atoms with E-state index in [1.54, 1.807) is 0 Å². The summed E-state index contributed by atoms with van der Waals surface area (Å²) in [5, 5.41) is 7.03. The molecule has 144 valence electrons. The van der Waals surface area contributed by atoms with Crippen molar-refractivity contribution in [2.75, 3.05) is 23.7 Å². The van der Waals surface area contributed by atoms with Gasteiger partial charge in [-0.25, -0.2) is 0 Å². The maximum atomic E-state index is 3.52. The van der Waals surface area contributed by atoms with Crippen LogP contribution in [0.4, 0.5) is 11.4 Å². The zero-order valence-corrected chi connectivity index (χ0v) is 17.0. The van der Waals surface area contributed by atoms with Gasteiger partial charge in [-0.3, -0.25) is 0 Å². The van der Waals surface area contributed by atoms with E-state index in [9.17, 15) is 0 Å². The molecule has 0 saturated heterocycles. The second-order valence-electron chi connectivity index (χ2n) is 6.79. The molecule has 2 N–H and O–H groups in total. The van der Waals surface area contributed by atoms with Crippen molar-refractivity contribution >= 4 is 23.8 Å². The molecule has 0 fully saturated rings. The molecule has 0 aliphatic rings. The third-order valence-electron chi connectivity index (χ3n) is 4.56. The average molecular weight is 375 g/mol. The fourth-order valence-electron chi connectivity index (χ4n) is 3.01. The highest BCUT2D eigenvalue weighted by atomic mass is 35.5. The van der Waals surface area contributed by atoms with E-state index in [-0.39, 0.29) is 12.4 Å².